The van der Waals surface area contributed by atoms with Crippen LogP contribution in [0.4, 0.5) is 0 Å². The summed E-state index contributed by atoms with van der Waals surface area (Å²) in [6.45, 7) is 21.0. The largest absolute Gasteiger partial charge is 0.489 e. The maximum Gasteiger partial charge on any atom is 0.192 e. The number of hydrogen-bond acceptors (Lipinski definition) is 4. The van der Waals surface area contributed by atoms with Gasteiger partial charge in [0.1, 0.15) is 18.5 Å². The molecule has 0 amide bonds. The highest BCUT2D eigenvalue weighted by molar-refractivity contribution is 14.1. The number of aliphatic hydroxyl groups is 1. The van der Waals surface area contributed by atoms with E-state index in [0.29, 0.717) is 6.61 Å². The Morgan fingerprint density at radius 3 is 2.25 bits per heavy atom. The van der Waals surface area contributed by atoms with E-state index in [-0.39, 0.29) is 22.5 Å². The molecule has 1 aromatic heterocycles. The van der Waals surface area contributed by atoms with E-state index >= 15 is 0 Å². The summed E-state index contributed by atoms with van der Waals surface area (Å²) in [6.07, 6.45) is 1.06. The molecule has 0 fully saturated rings. The number of aliphatic hydroxyl groups excluding tert-OH is 1. The first-order valence-corrected chi connectivity index (χ1v) is 18.4. The molecule has 216 valence electrons. The summed E-state index contributed by atoms with van der Waals surface area (Å²) < 4.78 is 14.2. The Kier molecular flexibility index (Phi) is 9.25. The lowest BCUT2D eigenvalue weighted by atomic mass is 9.74. The summed E-state index contributed by atoms with van der Waals surface area (Å²) in [4.78, 5) is 5.28. The van der Waals surface area contributed by atoms with Gasteiger partial charge in [-0.05, 0) is 88.2 Å². The minimum absolute atomic E-state index is 0.0278. The second-order valence-electron chi connectivity index (χ2n) is 13.9. The van der Waals surface area contributed by atoms with E-state index in [1.54, 1.807) is 0 Å². The van der Waals surface area contributed by atoms with Crippen molar-refractivity contribution in [1.29, 1.82) is 0 Å². The van der Waals surface area contributed by atoms with Gasteiger partial charge in [-0.25, -0.2) is 0 Å². The summed E-state index contributed by atoms with van der Waals surface area (Å²) in [6, 6.07) is 18.0. The first-order valence-electron chi connectivity index (χ1n) is 14.4. The number of hydrogen-bond donors (Lipinski definition) is 1. The van der Waals surface area contributed by atoms with Gasteiger partial charge in [0.2, 0.25) is 0 Å². The fraction of sp³-hybridized carbons (Fsp3) is 0.500. The number of benzene rings is 2. The highest BCUT2D eigenvalue weighted by Crippen LogP contribution is 2.50. The average Bonchev–Trinajstić information content (AvgIpc) is 2.86. The van der Waals surface area contributed by atoms with Crippen molar-refractivity contribution in [3.63, 3.8) is 0 Å². The summed E-state index contributed by atoms with van der Waals surface area (Å²) >= 11 is 2.46. The Morgan fingerprint density at radius 2 is 1.68 bits per heavy atom. The standard InChI is InChI=1S/C34H46INO3Si/c1-22(2)31-29(32(37)24-15-17-25(18-16-24)38-21-23-13-11-10-12-14-23)30(35)28-26(36-31)19-34(6,7)20-27(28)39-40(8,9)33(3,4)5/h10-18,22,27,32,37H,19-21H2,1-9H3/t27?,32-/m1/s1. The van der Waals surface area contributed by atoms with E-state index in [4.69, 9.17) is 14.1 Å². The van der Waals surface area contributed by atoms with Crippen LogP contribution in [0.2, 0.25) is 18.1 Å². The molecule has 0 saturated carbocycles. The molecule has 6 heteroatoms. The minimum Gasteiger partial charge on any atom is -0.489 e. The Bertz CT molecular complexity index is 1310. The molecule has 4 nitrogen and oxygen atoms in total. The van der Waals surface area contributed by atoms with Crippen molar-refractivity contribution in [2.24, 2.45) is 5.41 Å². The maximum absolute atomic E-state index is 11.8. The van der Waals surface area contributed by atoms with Gasteiger partial charge in [0, 0.05) is 20.4 Å². The Hall–Kier alpha value is -1.74. The van der Waals surface area contributed by atoms with Crippen LogP contribution in [0.1, 0.15) is 107 Å². The van der Waals surface area contributed by atoms with E-state index in [1.807, 2.05) is 42.5 Å². The van der Waals surface area contributed by atoms with Gasteiger partial charge in [-0.2, -0.15) is 0 Å². The number of nitrogens with zero attached hydrogens (tertiary/aromatic N) is 1. The average molecular weight is 672 g/mol. The fourth-order valence-electron chi connectivity index (χ4n) is 5.23. The minimum atomic E-state index is -2.04. The lowest BCUT2D eigenvalue weighted by molar-refractivity contribution is 0.104. The Morgan fingerprint density at radius 1 is 1.05 bits per heavy atom. The third kappa shape index (κ3) is 6.83. The number of rotatable bonds is 8. The normalized spacial score (nSPS) is 17.9. The molecule has 1 heterocycles. The van der Waals surface area contributed by atoms with E-state index in [1.165, 1.54) is 5.56 Å². The van der Waals surface area contributed by atoms with Crippen molar-refractivity contribution in [2.75, 3.05) is 0 Å². The van der Waals surface area contributed by atoms with Crippen molar-refractivity contribution in [2.45, 2.75) is 104 Å². The van der Waals surface area contributed by atoms with Crippen LogP contribution >= 0.6 is 22.6 Å². The summed E-state index contributed by atoms with van der Waals surface area (Å²) in [5, 5.41) is 11.9. The molecule has 0 aliphatic heterocycles. The Labute approximate surface area is 256 Å². The van der Waals surface area contributed by atoms with Gasteiger partial charge < -0.3 is 14.3 Å². The van der Waals surface area contributed by atoms with Crippen molar-refractivity contribution in [3.8, 4) is 5.75 Å². The van der Waals surface area contributed by atoms with Crippen LogP contribution in [-0.4, -0.2) is 18.4 Å². The topological polar surface area (TPSA) is 51.6 Å². The molecule has 2 atom stereocenters. The van der Waals surface area contributed by atoms with Crippen LogP contribution in [0.15, 0.2) is 54.6 Å². The predicted octanol–water partition coefficient (Wildman–Crippen LogP) is 9.51. The van der Waals surface area contributed by atoms with Gasteiger partial charge in [-0.1, -0.05) is 90.9 Å². The highest BCUT2D eigenvalue weighted by Gasteiger charge is 2.44. The van der Waals surface area contributed by atoms with Gasteiger partial charge in [0.25, 0.3) is 0 Å². The lowest BCUT2D eigenvalue weighted by Gasteiger charge is -2.44. The zero-order valence-electron chi connectivity index (χ0n) is 25.6. The molecule has 1 N–H and O–H groups in total. The third-order valence-corrected chi connectivity index (χ3v) is 14.2. The lowest BCUT2D eigenvalue weighted by Crippen LogP contribution is -2.44. The monoisotopic (exact) mass is 671 g/mol. The van der Waals surface area contributed by atoms with Crippen molar-refractivity contribution in [1.82, 2.24) is 4.98 Å². The number of pyridine rings is 1. The first kappa shape index (κ1) is 31.2. The van der Waals surface area contributed by atoms with Gasteiger partial charge in [-0.15, -0.1) is 0 Å². The molecule has 1 aliphatic carbocycles. The first-order chi connectivity index (χ1) is 18.6. The van der Waals surface area contributed by atoms with Crippen LogP contribution < -0.4 is 4.74 Å². The van der Waals surface area contributed by atoms with Gasteiger partial charge in [0.15, 0.2) is 8.32 Å². The highest BCUT2D eigenvalue weighted by atomic mass is 127. The maximum atomic E-state index is 11.8. The molecule has 2 aromatic carbocycles. The molecular weight excluding hydrogens is 625 g/mol. The molecule has 40 heavy (non-hydrogen) atoms. The van der Waals surface area contributed by atoms with Crippen molar-refractivity contribution in [3.05, 3.63) is 91.8 Å². The van der Waals surface area contributed by atoms with Crippen molar-refractivity contribution >= 4 is 30.9 Å². The van der Waals surface area contributed by atoms with E-state index in [2.05, 4.69) is 96.3 Å². The van der Waals surface area contributed by atoms with E-state index < -0.39 is 14.4 Å². The molecular formula is C34H46INO3Si. The number of fused-ring (bicyclic) bond motifs is 1. The fourth-order valence-corrected chi connectivity index (χ4v) is 7.72. The molecule has 0 bridgehead atoms. The number of ether oxygens (including phenoxy) is 1. The molecule has 3 aromatic rings. The quantitative estimate of drug-likeness (QED) is 0.192. The van der Waals surface area contributed by atoms with Crippen molar-refractivity contribution < 1.29 is 14.3 Å². The van der Waals surface area contributed by atoms with Gasteiger partial charge >= 0.3 is 0 Å². The molecule has 4 rings (SSSR count). The smallest absolute Gasteiger partial charge is 0.192 e. The second kappa shape index (κ2) is 11.9. The van der Waals surface area contributed by atoms with Crippen LogP contribution in [0.5, 0.6) is 5.75 Å². The van der Waals surface area contributed by atoms with Crippen LogP contribution in [-0.2, 0) is 17.5 Å². The summed E-state index contributed by atoms with van der Waals surface area (Å²) in [5.74, 6) is 0.967. The SMILES string of the molecule is CC(C)c1nc2c(c(I)c1[C@H](O)c1ccc(OCc3ccccc3)cc1)C(O[Si](C)(C)C(C)(C)C)CC(C)(C)C2. The van der Waals surface area contributed by atoms with Gasteiger partial charge in [0.05, 0.1) is 11.8 Å². The van der Waals surface area contributed by atoms with E-state index in [0.717, 1.165) is 50.2 Å². The molecule has 0 radical (unpaired) electrons. The van der Waals surface area contributed by atoms with E-state index in [9.17, 15) is 5.11 Å². The molecule has 0 spiro atoms. The van der Waals surface area contributed by atoms with Gasteiger partial charge in [-0.3, -0.25) is 4.98 Å². The Balaban J connectivity index is 1.71. The zero-order chi connectivity index (χ0) is 29.5. The summed E-state index contributed by atoms with van der Waals surface area (Å²) in [7, 11) is -2.04. The molecule has 1 aliphatic rings. The summed E-state index contributed by atoms with van der Waals surface area (Å²) in [5.41, 5.74) is 6.27. The third-order valence-electron chi connectivity index (χ3n) is 8.53. The number of aromatic nitrogens is 1. The van der Waals surface area contributed by atoms with Crippen LogP contribution in [0.3, 0.4) is 0 Å². The zero-order valence-corrected chi connectivity index (χ0v) is 28.8. The molecule has 0 saturated heterocycles. The second-order valence-corrected chi connectivity index (χ2v) is 19.7. The van der Waals surface area contributed by atoms with Crippen LogP contribution in [0.25, 0.3) is 0 Å². The molecule has 1 unspecified atom stereocenters. The predicted molar refractivity (Wildman–Crippen MR) is 175 cm³/mol. The number of halogens is 1. The van der Waals surface area contributed by atoms with Crippen LogP contribution in [0, 0.1) is 8.99 Å².